The minimum atomic E-state index is -3.46. The molecule has 2 aromatic carbocycles. The van der Waals surface area contributed by atoms with Crippen molar-refractivity contribution in [2.24, 2.45) is 0 Å². The van der Waals surface area contributed by atoms with Crippen LogP contribution in [0, 0.1) is 5.82 Å². The number of hydrogen-bond acceptors (Lipinski definition) is 6. The third-order valence-corrected chi connectivity index (χ3v) is 6.19. The SMILES string of the molecule is CC[C@H](NS(=O)(=O)CC)C(=O)NCCc1ccc(OCCOc2ccc(F)cc2)c(OC)c1. The van der Waals surface area contributed by atoms with E-state index in [1.165, 1.54) is 26.2 Å². The third-order valence-electron chi connectivity index (χ3n) is 4.79. The Balaban J connectivity index is 1.82. The van der Waals surface area contributed by atoms with Gasteiger partial charge in [0, 0.05) is 6.54 Å². The number of carbonyl (C=O) groups is 1. The van der Waals surface area contributed by atoms with Gasteiger partial charge in [-0.15, -0.1) is 0 Å². The zero-order chi connectivity index (χ0) is 24.3. The number of rotatable bonds is 14. The van der Waals surface area contributed by atoms with Crippen LogP contribution in [0.1, 0.15) is 25.8 Å². The Bertz CT molecular complexity index is 999. The third kappa shape index (κ3) is 8.89. The first-order valence-electron chi connectivity index (χ1n) is 10.7. The Morgan fingerprint density at radius 3 is 2.36 bits per heavy atom. The van der Waals surface area contributed by atoms with Gasteiger partial charge in [0.1, 0.15) is 30.8 Å². The molecule has 0 aliphatic heterocycles. The lowest BCUT2D eigenvalue weighted by atomic mass is 10.1. The van der Waals surface area contributed by atoms with E-state index >= 15 is 0 Å². The fraction of sp³-hybridized carbons (Fsp3) is 0.435. The molecular formula is C23H31FN2O6S. The summed E-state index contributed by atoms with van der Waals surface area (Å²) in [4.78, 5) is 12.3. The highest BCUT2D eigenvalue weighted by Gasteiger charge is 2.21. The second kappa shape index (κ2) is 13.0. The molecule has 0 bridgehead atoms. The molecule has 2 aromatic rings. The van der Waals surface area contributed by atoms with Crippen LogP contribution < -0.4 is 24.2 Å². The smallest absolute Gasteiger partial charge is 0.238 e. The van der Waals surface area contributed by atoms with Gasteiger partial charge in [-0.05, 0) is 61.7 Å². The maximum absolute atomic E-state index is 12.9. The summed E-state index contributed by atoms with van der Waals surface area (Å²) in [6.07, 6.45) is 0.892. The summed E-state index contributed by atoms with van der Waals surface area (Å²) in [5, 5.41) is 2.76. The fourth-order valence-corrected chi connectivity index (χ4v) is 3.78. The van der Waals surface area contributed by atoms with Gasteiger partial charge in [-0.2, -0.15) is 0 Å². The van der Waals surface area contributed by atoms with E-state index in [1.807, 2.05) is 12.1 Å². The second-order valence-corrected chi connectivity index (χ2v) is 9.20. The molecule has 0 heterocycles. The Morgan fingerprint density at radius 2 is 1.73 bits per heavy atom. The van der Waals surface area contributed by atoms with Crippen LogP contribution in [0.5, 0.6) is 17.2 Å². The molecule has 0 saturated carbocycles. The van der Waals surface area contributed by atoms with Gasteiger partial charge >= 0.3 is 0 Å². The monoisotopic (exact) mass is 482 g/mol. The number of nitrogens with one attached hydrogen (secondary N) is 2. The molecule has 0 spiro atoms. The molecule has 2 N–H and O–H groups in total. The van der Waals surface area contributed by atoms with Gasteiger partial charge in [0.15, 0.2) is 11.5 Å². The second-order valence-electron chi connectivity index (χ2n) is 7.16. The average molecular weight is 483 g/mol. The Morgan fingerprint density at radius 1 is 1.03 bits per heavy atom. The maximum Gasteiger partial charge on any atom is 0.238 e. The van der Waals surface area contributed by atoms with Crippen LogP contribution in [-0.4, -0.2) is 53.0 Å². The number of carbonyl (C=O) groups excluding carboxylic acids is 1. The molecule has 0 unspecified atom stereocenters. The van der Waals surface area contributed by atoms with Crippen LogP contribution in [0.15, 0.2) is 42.5 Å². The number of amides is 1. The van der Waals surface area contributed by atoms with Crippen LogP contribution in [0.2, 0.25) is 0 Å². The molecule has 0 fully saturated rings. The summed E-state index contributed by atoms with van der Waals surface area (Å²) < 4.78 is 55.4. The molecule has 0 aromatic heterocycles. The van der Waals surface area contributed by atoms with Gasteiger partial charge in [0.25, 0.3) is 0 Å². The highest BCUT2D eigenvalue weighted by atomic mass is 32.2. The minimum absolute atomic E-state index is 0.0800. The molecule has 1 atom stereocenters. The predicted octanol–water partition coefficient (Wildman–Crippen LogP) is 2.67. The Kier molecular flexibility index (Phi) is 10.4. The van der Waals surface area contributed by atoms with Crippen molar-refractivity contribution in [3.8, 4) is 17.2 Å². The number of halogens is 1. The zero-order valence-corrected chi connectivity index (χ0v) is 19.9. The number of methoxy groups -OCH3 is 1. The molecule has 0 saturated heterocycles. The van der Waals surface area contributed by atoms with Crippen molar-refractivity contribution in [2.45, 2.75) is 32.7 Å². The molecule has 182 valence electrons. The number of hydrogen-bond donors (Lipinski definition) is 2. The van der Waals surface area contributed by atoms with Crippen molar-refractivity contribution in [2.75, 3.05) is 32.6 Å². The van der Waals surface area contributed by atoms with Crippen LogP contribution in [0.4, 0.5) is 4.39 Å². The highest BCUT2D eigenvalue weighted by molar-refractivity contribution is 7.89. The van der Waals surface area contributed by atoms with E-state index in [9.17, 15) is 17.6 Å². The van der Waals surface area contributed by atoms with Crippen molar-refractivity contribution in [3.63, 3.8) is 0 Å². The van der Waals surface area contributed by atoms with E-state index in [1.54, 1.807) is 25.1 Å². The summed E-state index contributed by atoms with van der Waals surface area (Å²) in [7, 11) is -1.92. The highest BCUT2D eigenvalue weighted by Crippen LogP contribution is 2.28. The summed E-state index contributed by atoms with van der Waals surface area (Å²) in [6, 6.07) is 10.4. The Labute approximate surface area is 194 Å². The van der Waals surface area contributed by atoms with Crippen LogP contribution in [-0.2, 0) is 21.2 Å². The molecule has 1 amide bonds. The molecule has 0 aliphatic rings. The molecule has 2 rings (SSSR count). The largest absolute Gasteiger partial charge is 0.493 e. The lowest BCUT2D eigenvalue weighted by molar-refractivity contribution is -0.122. The number of ether oxygens (including phenoxy) is 3. The van der Waals surface area contributed by atoms with Crippen molar-refractivity contribution in [3.05, 3.63) is 53.8 Å². The van der Waals surface area contributed by atoms with E-state index in [0.717, 1.165) is 5.56 Å². The standard InChI is InChI=1S/C23H31FN2O6S/c1-4-20(26-33(28,29)5-2)23(27)25-13-12-17-6-11-21(22(16-17)30-3)32-15-14-31-19-9-7-18(24)8-10-19/h6-11,16,20,26H,4-5,12-15H2,1-3H3,(H,25,27)/t20-/m0/s1. The quantitative estimate of drug-likeness (QED) is 0.402. The maximum atomic E-state index is 12.9. The summed E-state index contributed by atoms with van der Waals surface area (Å²) in [6.45, 7) is 4.17. The van der Waals surface area contributed by atoms with Gasteiger partial charge in [0.05, 0.1) is 12.9 Å². The molecule has 33 heavy (non-hydrogen) atoms. The van der Waals surface area contributed by atoms with Crippen molar-refractivity contribution in [1.29, 1.82) is 0 Å². The molecule has 0 radical (unpaired) electrons. The van der Waals surface area contributed by atoms with E-state index in [2.05, 4.69) is 10.0 Å². The van der Waals surface area contributed by atoms with Crippen LogP contribution in [0.25, 0.3) is 0 Å². The summed E-state index contributed by atoms with van der Waals surface area (Å²) in [5.74, 6) is 0.883. The minimum Gasteiger partial charge on any atom is -0.493 e. The van der Waals surface area contributed by atoms with Crippen molar-refractivity contribution < 1.29 is 31.8 Å². The first kappa shape index (κ1) is 26.4. The fourth-order valence-electron chi connectivity index (χ4n) is 2.90. The molecule has 8 nitrogen and oxygen atoms in total. The Hall–Kier alpha value is -2.85. The van der Waals surface area contributed by atoms with E-state index in [0.29, 0.717) is 36.6 Å². The molecule has 0 aliphatic carbocycles. The van der Waals surface area contributed by atoms with Gasteiger partial charge in [-0.25, -0.2) is 17.5 Å². The lowest BCUT2D eigenvalue weighted by Gasteiger charge is -2.16. The van der Waals surface area contributed by atoms with Gasteiger partial charge < -0.3 is 19.5 Å². The van der Waals surface area contributed by atoms with E-state index in [-0.39, 0.29) is 30.7 Å². The van der Waals surface area contributed by atoms with Crippen LogP contribution in [0.3, 0.4) is 0 Å². The molecule has 10 heteroatoms. The first-order valence-corrected chi connectivity index (χ1v) is 12.4. The number of benzene rings is 2. The average Bonchev–Trinajstić information content (AvgIpc) is 2.81. The van der Waals surface area contributed by atoms with Gasteiger partial charge in [-0.1, -0.05) is 13.0 Å². The van der Waals surface area contributed by atoms with Gasteiger partial charge in [0.2, 0.25) is 15.9 Å². The van der Waals surface area contributed by atoms with Gasteiger partial charge in [-0.3, -0.25) is 4.79 Å². The summed E-state index contributed by atoms with van der Waals surface area (Å²) in [5.41, 5.74) is 0.921. The predicted molar refractivity (Wildman–Crippen MR) is 124 cm³/mol. The normalized spacial score (nSPS) is 12.1. The molecular weight excluding hydrogens is 451 g/mol. The van der Waals surface area contributed by atoms with E-state index < -0.39 is 16.1 Å². The van der Waals surface area contributed by atoms with E-state index in [4.69, 9.17) is 14.2 Å². The topological polar surface area (TPSA) is 103 Å². The van der Waals surface area contributed by atoms with Crippen molar-refractivity contribution >= 4 is 15.9 Å². The first-order chi connectivity index (χ1) is 15.8. The lowest BCUT2D eigenvalue weighted by Crippen LogP contribution is -2.47. The zero-order valence-electron chi connectivity index (χ0n) is 19.1. The van der Waals surface area contributed by atoms with Crippen molar-refractivity contribution in [1.82, 2.24) is 10.0 Å². The number of sulfonamides is 1. The van der Waals surface area contributed by atoms with Crippen LogP contribution >= 0.6 is 0 Å². The summed E-state index contributed by atoms with van der Waals surface area (Å²) >= 11 is 0.